The molecule has 0 unspecified atom stereocenters. The number of ether oxygens (including phenoxy) is 1. The highest BCUT2D eigenvalue weighted by Gasteiger charge is 2.20. The van der Waals surface area contributed by atoms with Crippen molar-refractivity contribution in [3.8, 4) is 5.75 Å². The fourth-order valence-electron chi connectivity index (χ4n) is 2.66. The molecule has 2 rings (SSSR count). The van der Waals surface area contributed by atoms with E-state index < -0.39 is 0 Å². The molecule has 1 aromatic carbocycles. The highest BCUT2D eigenvalue weighted by molar-refractivity contribution is 5.92. The third-order valence-electron chi connectivity index (χ3n) is 4.06. The van der Waals surface area contributed by atoms with E-state index in [2.05, 4.69) is 19.2 Å². The lowest BCUT2D eigenvalue weighted by Gasteiger charge is -2.20. The van der Waals surface area contributed by atoms with E-state index in [0.29, 0.717) is 5.92 Å². The second-order valence-corrected chi connectivity index (χ2v) is 6.38. The third kappa shape index (κ3) is 5.41. The van der Waals surface area contributed by atoms with E-state index in [4.69, 9.17) is 4.74 Å². The van der Waals surface area contributed by atoms with Crippen molar-refractivity contribution < 1.29 is 9.53 Å². The summed E-state index contributed by atoms with van der Waals surface area (Å²) in [4.78, 5) is 12.2. The summed E-state index contributed by atoms with van der Waals surface area (Å²) >= 11 is 0. The summed E-state index contributed by atoms with van der Waals surface area (Å²) in [7, 11) is 0. The molecule has 0 saturated heterocycles. The minimum Gasteiger partial charge on any atom is -0.494 e. The molecule has 0 radical (unpaired) electrons. The second kappa shape index (κ2) is 8.06. The van der Waals surface area contributed by atoms with Crippen LogP contribution in [0.3, 0.4) is 0 Å². The van der Waals surface area contributed by atoms with Gasteiger partial charge in [-0.05, 0) is 49.4 Å². The minimum absolute atomic E-state index is 0.170. The Morgan fingerprint density at radius 2 is 1.86 bits per heavy atom. The van der Waals surface area contributed by atoms with Crippen LogP contribution in [0.2, 0.25) is 0 Å². The fraction of sp³-hybridized carbons (Fsp3) is 0.611. The van der Waals surface area contributed by atoms with Gasteiger partial charge in [0.25, 0.3) is 0 Å². The van der Waals surface area contributed by atoms with Gasteiger partial charge in [0, 0.05) is 11.6 Å². The van der Waals surface area contributed by atoms with Crippen molar-refractivity contribution in [1.82, 2.24) is 0 Å². The van der Waals surface area contributed by atoms with Gasteiger partial charge in [0.1, 0.15) is 5.75 Å². The first-order valence-electron chi connectivity index (χ1n) is 8.19. The van der Waals surface area contributed by atoms with Crippen LogP contribution in [0, 0.1) is 11.8 Å². The zero-order valence-corrected chi connectivity index (χ0v) is 13.2. The molecule has 1 N–H and O–H groups in total. The predicted molar refractivity (Wildman–Crippen MR) is 86.6 cm³/mol. The molecule has 1 saturated carbocycles. The maximum Gasteiger partial charge on any atom is 0.227 e. The highest BCUT2D eigenvalue weighted by Crippen LogP contribution is 2.25. The minimum atomic E-state index is 0.170. The summed E-state index contributed by atoms with van der Waals surface area (Å²) < 4.78 is 5.68. The highest BCUT2D eigenvalue weighted by atomic mass is 16.5. The Bertz CT molecular complexity index is 433. The van der Waals surface area contributed by atoms with E-state index in [-0.39, 0.29) is 11.8 Å². The molecular weight excluding hydrogens is 262 g/mol. The summed E-state index contributed by atoms with van der Waals surface area (Å²) in [6.45, 7) is 5.12. The standard InChI is InChI=1S/C18H27NO2/c1-14(2)12-13-21-17-10-8-16(9-11-17)19-18(20)15-6-4-3-5-7-15/h8-11,14-15H,3-7,12-13H2,1-2H3,(H,19,20). The summed E-state index contributed by atoms with van der Waals surface area (Å²) in [5, 5.41) is 3.02. The number of hydrogen-bond acceptors (Lipinski definition) is 2. The molecule has 0 aromatic heterocycles. The van der Waals surface area contributed by atoms with Gasteiger partial charge >= 0.3 is 0 Å². The van der Waals surface area contributed by atoms with Gasteiger partial charge in [-0.3, -0.25) is 4.79 Å². The molecule has 0 spiro atoms. The van der Waals surface area contributed by atoms with Crippen molar-refractivity contribution in [2.75, 3.05) is 11.9 Å². The van der Waals surface area contributed by atoms with Gasteiger partial charge in [-0.15, -0.1) is 0 Å². The first-order chi connectivity index (χ1) is 10.1. The Labute approximate surface area is 128 Å². The summed E-state index contributed by atoms with van der Waals surface area (Å²) in [6, 6.07) is 7.70. The Hall–Kier alpha value is -1.51. The van der Waals surface area contributed by atoms with Gasteiger partial charge in [-0.25, -0.2) is 0 Å². The Morgan fingerprint density at radius 3 is 2.48 bits per heavy atom. The van der Waals surface area contributed by atoms with Gasteiger partial charge in [0.15, 0.2) is 0 Å². The van der Waals surface area contributed by atoms with E-state index in [0.717, 1.165) is 37.3 Å². The fourth-order valence-corrected chi connectivity index (χ4v) is 2.66. The number of nitrogens with one attached hydrogen (secondary N) is 1. The number of amides is 1. The van der Waals surface area contributed by atoms with E-state index >= 15 is 0 Å². The van der Waals surface area contributed by atoms with Crippen molar-refractivity contribution in [2.24, 2.45) is 11.8 Å². The Balaban J connectivity index is 1.80. The quantitative estimate of drug-likeness (QED) is 0.829. The zero-order chi connectivity index (χ0) is 15.1. The number of rotatable bonds is 6. The number of hydrogen-bond donors (Lipinski definition) is 1. The molecule has 1 aliphatic carbocycles. The SMILES string of the molecule is CC(C)CCOc1ccc(NC(=O)C2CCCCC2)cc1. The van der Waals surface area contributed by atoms with Crippen LogP contribution in [-0.4, -0.2) is 12.5 Å². The van der Waals surface area contributed by atoms with E-state index in [1.54, 1.807) is 0 Å². The van der Waals surface area contributed by atoms with Crippen LogP contribution < -0.4 is 10.1 Å². The molecule has 0 heterocycles. The first-order valence-corrected chi connectivity index (χ1v) is 8.19. The molecule has 3 nitrogen and oxygen atoms in total. The molecule has 1 fully saturated rings. The lowest BCUT2D eigenvalue weighted by Crippen LogP contribution is -2.24. The molecule has 3 heteroatoms. The van der Waals surface area contributed by atoms with Crippen LogP contribution in [0.5, 0.6) is 5.75 Å². The van der Waals surface area contributed by atoms with E-state index in [1.165, 1.54) is 19.3 Å². The molecule has 116 valence electrons. The van der Waals surface area contributed by atoms with Crippen molar-refractivity contribution in [1.29, 1.82) is 0 Å². The lowest BCUT2D eigenvalue weighted by atomic mass is 9.88. The van der Waals surface area contributed by atoms with Gasteiger partial charge in [0.05, 0.1) is 6.61 Å². The van der Waals surface area contributed by atoms with Crippen molar-refractivity contribution in [3.63, 3.8) is 0 Å². The number of anilines is 1. The lowest BCUT2D eigenvalue weighted by molar-refractivity contribution is -0.120. The second-order valence-electron chi connectivity index (χ2n) is 6.38. The van der Waals surface area contributed by atoms with Gasteiger partial charge in [-0.1, -0.05) is 33.1 Å². The molecule has 1 amide bonds. The van der Waals surface area contributed by atoms with Gasteiger partial charge < -0.3 is 10.1 Å². The van der Waals surface area contributed by atoms with Crippen LogP contribution in [-0.2, 0) is 4.79 Å². The monoisotopic (exact) mass is 289 g/mol. The topological polar surface area (TPSA) is 38.3 Å². The van der Waals surface area contributed by atoms with Crippen LogP contribution in [0.25, 0.3) is 0 Å². The summed E-state index contributed by atoms with van der Waals surface area (Å²) in [6.07, 6.45) is 6.75. The summed E-state index contributed by atoms with van der Waals surface area (Å²) in [5.41, 5.74) is 0.863. The zero-order valence-electron chi connectivity index (χ0n) is 13.2. The normalized spacial score (nSPS) is 16.0. The van der Waals surface area contributed by atoms with Gasteiger partial charge in [0.2, 0.25) is 5.91 Å². The van der Waals surface area contributed by atoms with Crippen LogP contribution >= 0.6 is 0 Å². The number of benzene rings is 1. The molecule has 1 aliphatic rings. The molecule has 1 aromatic rings. The van der Waals surface area contributed by atoms with E-state index in [1.807, 2.05) is 24.3 Å². The van der Waals surface area contributed by atoms with Crippen LogP contribution in [0.1, 0.15) is 52.4 Å². The van der Waals surface area contributed by atoms with Crippen LogP contribution in [0.4, 0.5) is 5.69 Å². The Kier molecular flexibility index (Phi) is 6.09. The Morgan fingerprint density at radius 1 is 1.19 bits per heavy atom. The average molecular weight is 289 g/mol. The predicted octanol–water partition coefficient (Wildman–Crippen LogP) is 4.63. The van der Waals surface area contributed by atoms with Crippen molar-refractivity contribution in [2.45, 2.75) is 52.4 Å². The van der Waals surface area contributed by atoms with Crippen LogP contribution in [0.15, 0.2) is 24.3 Å². The maximum absolute atomic E-state index is 12.2. The third-order valence-corrected chi connectivity index (χ3v) is 4.06. The maximum atomic E-state index is 12.2. The number of carbonyl (C=O) groups is 1. The smallest absolute Gasteiger partial charge is 0.227 e. The number of carbonyl (C=O) groups excluding carboxylic acids is 1. The average Bonchev–Trinajstić information content (AvgIpc) is 2.49. The van der Waals surface area contributed by atoms with Gasteiger partial charge in [-0.2, -0.15) is 0 Å². The van der Waals surface area contributed by atoms with Crippen molar-refractivity contribution in [3.05, 3.63) is 24.3 Å². The molecule has 21 heavy (non-hydrogen) atoms. The molecule has 0 atom stereocenters. The molecule has 0 bridgehead atoms. The largest absolute Gasteiger partial charge is 0.494 e. The molecule has 0 aliphatic heterocycles. The summed E-state index contributed by atoms with van der Waals surface area (Å²) in [5.74, 6) is 1.88. The van der Waals surface area contributed by atoms with E-state index in [9.17, 15) is 4.79 Å². The van der Waals surface area contributed by atoms with Crippen molar-refractivity contribution >= 4 is 11.6 Å². The molecular formula is C18H27NO2. The first kappa shape index (κ1) is 15.9.